The number of halogens is 1. The highest BCUT2D eigenvalue weighted by Crippen LogP contribution is 2.29. The van der Waals surface area contributed by atoms with Gasteiger partial charge >= 0.3 is 11.7 Å². The van der Waals surface area contributed by atoms with Gasteiger partial charge in [0.2, 0.25) is 5.91 Å². The number of para-hydroxylation sites is 1. The van der Waals surface area contributed by atoms with Crippen LogP contribution in [0.5, 0.6) is 0 Å². The Morgan fingerprint density at radius 2 is 1.67 bits per heavy atom. The number of benzene rings is 2. The van der Waals surface area contributed by atoms with Crippen molar-refractivity contribution in [1.82, 2.24) is 39.5 Å². The lowest BCUT2D eigenvalue weighted by atomic mass is 10.0. The molecule has 260 valence electrons. The fourth-order valence-electron chi connectivity index (χ4n) is 7.92. The van der Waals surface area contributed by atoms with Gasteiger partial charge in [0.15, 0.2) is 0 Å². The zero-order valence-corrected chi connectivity index (χ0v) is 29.1. The summed E-state index contributed by atoms with van der Waals surface area (Å²) in [6.07, 6.45) is 5.58. The number of aryl methyl sites for hydroxylation is 1. The molecule has 7 rings (SSSR count). The number of hydrogen-bond donors (Lipinski definition) is 3. The molecular formula is C36H46ClN9O3. The Morgan fingerprint density at radius 3 is 2.39 bits per heavy atom. The number of fused-ring (bicyclic) bond motifs is 3. The lowest BCUT2D eigenvalue weighted by Gasteiger charge is -2.43. The summed E-state index contributed by atoms with van der Waals surface area (Å²) >= 11 is 6.43. The normalized spacial score (nSPS) is 19.5. The van der Waals surface area contributed by atoms with Gasteiger partial charge in [-0.3, -0.25) is 19.2 Å². The van der Waals surface area contributed by atoms with E-state index in [4.69, 9.17) is 17.3 Å². The van der Waals surface area contributed by atoms with Crippen LogP contribution in [-0.2, 0) is 11.2 Å². The molecule has 0 aliphatic carbocycles. The number of carbonyl (C=O) groups excluding carboxylic acids is 2. The molecule has 0 saturated carbocycles. The van der Waals surface area contributed by atoms with E-state index >= 15 is 0 Å². The molecule has 4 N–H and O–H groups in total. The van der Waals surface area contributed by atoms with Crippen molar-refractivity contribution >= 4 is 51.2 Å². The number of carbonyl (C=O) groups is 2. The maximum absolute atomic E-state index is 14.1. The zero-order valence-electron chi connectivity index (χ0n) is 28.3. The van der Waals surface area contributed by atoms with Gasteiger partial charge in [-0.1, -0.05) is 35.9 Å². The van der Waals surface area contributed by atoms with Gasteiger partial charge < -0.3 is 30.7 Å². The fourth-order valence-corrected chi connectivity index (χ4v) is 8.21. The number of likely N-dealkylation sites (tertiary alicyclic amines) is 2. The Balaban J connectivity index is 1.03. The minimum atomic E-state index is -0.755. The van der Waals surface area contributed by atoms with Crippen LogP contribution in [0.25, 0.3) is 21.9 Å². The highest BCUT2D eigenvalue weighted by molar-refractivity contribution is 6.33. The summed E-state index contributed by atoms with van der Waals surface area (Å²) in [6, 6.07) is 10.9. The highest BCUT2D eigenvalue weighted by Gasteiger charge is 2.34. The fraction of sp³-hybridized carbons (Fsp3) is 0.500. The summed E-state index contributed by atoms with van der Waals surface area (Å²) in [6.45, 7) is 7.95. The van der Waals surface area contributed by atoms with Crippen LogP contribution < -0.4 is 16.7 Å². The van der Waals surface area contributed by atoms with E-state index in [1.54, 1.807) is 21.7 Å². The number of imidazole rings is 1. The van der Waals surface area contributed by atoms with Crippen LogP contribution >= 0.6 is 11.6 Å². The van der Waals surface area contributed by atoms with E-state index in [1.807, 2.05) is 42.2 Å². The van der Waals surface area contributed by atoms with E-state index in [9.17, 15) is 14.4 Å². The average Bonchev–Trinajstić information content (AvgIpc) is 3.46. The molecule has 3 aliphatic rings. The molecule has 5 heterocycles. The van der Waals surface area contributed by atoms with Crippen LogP contribution in [0.3, 0.4) is 0 Å². The molecule has 0 spiro atoms. The second-order valence-corrected chi connectivity index (χ2v) is 14.4. The molecule has 49 heavy (non-hydrogen) atoms. The van der Waals surface area contributed by atoms with Crippen molar-refractivity contribution < 1.29 is 9.59 Å². The van der Waals surface area contributed by atoms with E-state index in [-0.39, 0.29) is 23.7 Å². The van der Waals surface area contributed by atoms with Crippen molar-refractivity contribution in [2.24, 2.45) is 0 Å². The maximum atomic E-state index is 14.1. The van der Waals surface area contributed by atoms with Crippen molar-refractivity contribution in [1.29, 1.82) is 0 Å². The van der Waals surface area contributed by atoms with Gasteiger partial charge in [-0.2, -0.15) is 0 Å². The number of aromatic nitrogens is 3. The van der Waals surface area contributed by atoms with Gasteiger partial charge in [-0.25, -0.2) is 9.59 Å². The molecule has 2 aromatic heterocycles. The zero-order chi connectivity index (χ0) is 34.2. The van der Waals surface area contributed by atoms with E-state index in [0.717, 1.165) is 72.1 Å². The number of piperazine rings is 1. The Morgan fingerprint density at radius 1 is 0.980 bits per heavy atom. The second-order valence-electron chi connectivity index (χ2n) is 14.0. The largest absolute Gasteiger partial charge is 0.397 e. The number of nitrogens with two attached hydrogens (primary N) is 1. The quantitative estimate of drug-likeness (QED) is 0.264. The van der Waals surface area contributed by atoms with E-state index in [2.05, 4.69) is 32.1 Å². The van der Waals surface area contributed by atoms with Gasteiger partial charge in [0.05, 0.1) is 33.5 Å². The molecule has 0 radical (unpaired) electrons. The van der Waals surface area contributed by atoms with Crippen LogP contribution in [0.4, 0.5) is 10.5 Å². The van der Waals surface area contributed by atoms with Crippen LogP contribution in [0.2, 0.25) is 5.02 Å². The van der Waals surface area contributed by atoms with Crippen LogP contribution in [-0.4, -0.2) is 118 Å². The minimum Gasteiger partial charge on any atom is -0.397 e. The average molecular weight is 688 g/mol. The molecule has 13 heteroatoms. The van der Waals surface area contributed by atoms with Gasteiger partial charge in [0.1, 0.15) is 6.04 Å². The van der Waals surface area contributed by atoms with Crippen molar-refractivity contribution in [3.63, 3.8) is 0 Å². The van der Waals surface area contributed by atoms with Crippen molar-refractivity contribution in [2.75, 3.05) is 65.1 Å². The summed E-state index contributed by atoms with van der Waals surface area (Å²) in [5.41, 5.74) is 10.5. The molecule has 3 amide bonds. The number of nitrogen functional groups attached to an aromatic ring is 1. The summed E-state index contributed by atoms with van der Waals surface area (Å²) in [4.78, 5) is 57.2. The van der Waals surface area contributed by atoms with Gasteiger partial charge in [-0.15, -0.1) is 0 Å². The van der Waals surface area contributed by atoms with E-state index in [1.165, 1.54) is 0 Å². The molecule has 12 nitrogen and oxygen atoms in total. The van der Waals surface area contributed by atoms with E-state index in [0.29, 0.717) is 62.2 Å². The van der Waals surface area contributed by atoms with E-state index < -0.39 is 6.04 Å². The monoisotopic (exact) mass is 687 g/mol. The third kappa shape index (κ3) is 6.86. The Bertz CT molecular complexity index is 1880. The van der Waals surface area contributed by atoms with Gasteiger partial charge in [-0.05, 0) is 76.0 Å². The number of rotatable bonds is 6. The molecule has 3 aliphatic heterocycles. The number of nitrogens with one attached hydrogen (secondary N) is 2. The first-order valence-corrected chi connectivity index (χ1v) is 17.8. The predicted molar refractivity (Wildman–Crippen MR) is 193 cm³/mol. The number of pyridine rings is 1. The maximum Gasteiger partial charge on any atom is 0.326 e. The number of anilines is 1. The topological polar surface area (TPSA) is 136 Å². The molecule has 3 fully saturated rings. The van der Waals surface area contributed by atoms with Crippen molar-refractivity contribution in [3.05, 3.63) is 69.2 Å². The lowest BCUT2D eigenvalue weighted by molar-refractivity contribution is -0.135. The van der Waals surface area contributed by atoms with Crippen molar-refractivity contribution in [2.45, 2.75) is 57.2 Å². The summed E-state index contributed by atoms with van der Waals surface area (Å²) in [5, 5.41) is 4.44. The Labute approximate surface area is 291 Å². The van der Waals surface area contributed by atoms with Gasteiger partial charge in [0.25, 0.3) is 0 Å². The Kier molecular flexibility index (Phi) is 9.54. The molecule has 2 aromatic carbocycles. The first kappa shape index (κ1) is 33.4. The summed E-state index contributed by atoms with van der Waals surface area (Å²) in [5.74, 6) is -0.0815. The number of H-pyrrole nitrogens is 1. The number of piperidine rings is 2. The molecule has 0 bridgehead atoms. The second kappa shape index (κ2) is 14.0. The third-order valence-corrected chi connectivity index (χ3v) is 11.2. The molecule has 4 aromatic rings. The van der Waals surface area contributed by atoms with Crippen LogP contribution in [0, 0.1) is 6.92 Å². The SMILES string of the molecule is Cc1cc(C[C@@H](NC(=O)N2CCC(n3c(=O)[nH]c4c5ccccc5ncc43)CC2)C(=O)N2CCN(C3CCN(C)CC3)CC2)cc(Cl)c1N. The smallest absolute Gasteiger partial charge is 0.326 e. The minimum absolute atomic E-state index is 0.0774. The number of urea groups is 1. The highest BCUT2D eigenvalue weighted by atomic mass is 35.5. The number of amides is 3. The number of aromatic amines is 1. The molecule has 0 unspecified atom stereocenters. The molecule has 1 atom stereocenters. The number of hydrogen-bond acceptors (Lipinski definition) is 7. The Hall–Kier alpha value is -4.13. The molecular weight excluding hydrogens is 642 g/mol. The summed E-state index contributed by atoms with van der Waals surface area (Å²) < 4.78 is 1.79. The van der Waals surface area contributed by atoms with Gasteiger partial charge in [0, 0.05) is 63.2 Å². The van der Waals surface area contributed by atoms with Crippen LogP contribution in [0.15, 0.2) is 47.4 Å². The third-order valence-electron chi connectivity index (χ3n) is 10.8. The first-order chi connectivity index (χ1) is 23.7. The first-order valence-electron chi connectivity index (χ1n) is 17.5. The summed E-state index contributed by atoms with van der Waals surface area (Å²) in [7, 11) is 2.17. The predicted octanol–water partition coefficient (Wildman–Crippen LogP) is 3.62. The van der Waals surface area contributed by atoms with Crippen LogP contribution in [0.1, 0.15) is 42.9 Å². The van der Waals surface area contributed by atoms with Crippen molar-refractivity contribution in [3.8, 4) is 0 Å². The lowest BCUT2D eigenvalue weighted by Crippen LogP contribution is -2.59. The standard InChI is InChI=1S/C36H46ClN9O3/c1-23-19-24(20-28(37)32(23)38)21-30(34(47)44-17-15-43(16-18-44)25-7-11-42(2)12-8-25)40-35(48)45-13-9-26(10-14-45)46-31-22-39-29-6-4-3-5-27(29)33(31)41-36(46)49/h3-6,19-20,22,25-26,30H,7-18,21,38H2,1-2H3,(H,40,48)(H,41,49)/t30-/m1/s1. The molecule has 3 saturated heterocycles. The number of nitrogens with zero attached hydrogens (tertiary/aromatic N) is 6.